The average Bonchev–Trinajstić information content (AvgIpc) is 3.63. The number of hydrogen-bond donors (Lipinski definition) is 2. The van der Waals surface area contributed by atoms with Gasteiger partial charge in [-0.3, -0.25) is 9.78 Å². The number of nitrogens with zero attached hydrogens (tertiary/aromatic N) is 2. The van der Waals surface area contributed by atoms with Crippen molar-refractivity contribution < 1.29 is 17.9 Å². The molecule has 2 aromatic heterocycles. The van der Waals surface area contributed by atoms with Crippen LogP contribution in [0.3, 0.4) is 0 Å². The van der Waals surface area contributed by atoms with Gasteiger partial charge < -0.3 is 10.1 Å². The second kappa shape index (κ2) is 9.23. The Kier molecular flexibility index (Phi) is 6.24. The summed E-state index contributed by atoms with van der Waals surface area (Å²) in [4.78, 5) is 21.0. The van der Waals surface area contributed by atoms with Crippen LogP contribution in [0.25, 0.3) is 0 Å². The summed E-state index contributed by atoms with van der Waals surface area (Å²) in [6, 6.07) is 13.0. The third kappa shape index (κ3) is 5.65. The second-order valence-electron chi connectivity index (χ2n) is 7.27. The molecule has 0 spiro atoms. The smallest absolute Gasteiger partial charge is 0.256 e. The van der Waals surface area contributed by atoms with Gasteiger partial charge in [-0.15, -0.1) is 0 Å². The van der Waals surface area contributed by atoms with Crippen molar-refractivity contribution >= 4 is 21.7 Å². The number of amides is 1. The summed E-state index contributed by atoms with van der Waals surface area (Å²) in [6.45, 7) is 0.711. The number of anilines is 1. The molecular formula is C22H22N4O4S. The van der Waals surface area contributed by atoms with Gasteiger partial charge in [-0.1, -0.05) is 6.07 Å². The Morgan fingerprint density at radius 3 is 2.65 bits per heavy atom. The first-order valence-electron chi connectivity index (χ1n) is 9.89. The molecule has 9 heteroatoms. The maximum Gasteiger partial charge on any atom is 0.256 e. The Hall–Kier alpha value is -3.30. The van der Waals surface area contributed by atoms with Gasteiger partial charge in [-0.25, -0.2) is 18.1 Å². The van der Waals surface area contributed by atoms with Gasteiger partial charge in [0.2, 0.25) is 10.0 Å². The zero-order chi connectivity index (χ0) is 21.7. The van der Waals surface area contributed by atoms with Crippen LogP contribution in [-0.4, -0.2) is 30.8 Å². The highest BCUT2D eigenvalue weighted by atomic mass is 32.2. The number of aromatic nitrogens is 2. The van der Waals surface area contributed by atoms with Crippen LogP contribution < -0.4 is 14.8 Å². The molecular weight excluding hydrogens is 416 g/mol. The summed E-state index contributed by atoms with van der Waals surface area (Å²) in [7, 11) is -3.67. The summed E-state index contributed by atoms with van der Waals surface area (Å²) in [6.07, 6.45) is 6.97. The monoisotopic (exact) mass is 438 g/mol. The van der Waals surface area contributed by atoms with E-state index in [1.165, 1.54) is 18.3 Å². The Balaban J connectivity index is 1.46. The third-order valence-electron chi connectivity index (χ3n) is 4.81. The summed E-state index contributed by atoms with van der Waals surface area (Å²) >= 11 is 0. The van der Waals surface area contributed by atoms with Crippen LogP contribution in [0, 0.1) is 5.92 Å². The maximum absolute atomic E-state index is 12.8. The molecule has 0 atom stereocenters. The van der Waals surface area contributed by atoms with Gasteiger partial charge in [-0.05, 0) is 66.8 Å². The van der Waals surface area contributed by atoms with Crippen molar-refractivity contribution in [2.24, 2.45) is 5.92 Å². The molecule has 0 radical (unpaired) electrons. The third-order valence-corrected chi connectivity index (χ3v) is 6.23. The molecule has 0 unspecified atom stereocenters. The van der Waals surface area contributed by atoms with Gasteiger partial charge in [-0.2, -0.15) is 0 Å². The first-order chi connectivity index (χ1) is 15.0. The SMILES string of the molecule is O=C(Nc1ncccc1OCc1ccncc1)c1cccc(S(=O)(=O)NCC2CC2)c1. The number of nitrogens with one attached hydrogen (secondary N) is 2. The van der Waals surface area contributed by atoms with E-state index in [4.69, 9.17) is 4.74 Å². The number of benzene rings is 1. The molecule has 0 bridgehead atoms. The van der Waals surface area contributed by atoms with Gasteiger partial charge in [0.1, 0.15) is 6.61 Å². The molecule has 2 N–H and O–H groups in total. The quantitative estimate of drug-likeness (QED) is 0.531. The normalized spacial score (nSPS) is 13.5. The lowest BCUT2D eigenvalue weighted by molar-refractivity contribution is 0.102. The average molecular weight is 439 g/mol. The van der Waals surface area contributed by atoms with Crippen LogP contribution in [-0.2, 0) is 16.6 Å². The van der Waals surface area contributed by atoms with Crippen LogP contribution in [0.2, 0.25) is 0 Å². The predicted octanol–water partition coefficient (Wildman–Crippen LogP) is 3.00. The van der Waals surface area contributed by atoms with Crippen molar-refractivity contribution in [2.45, 2.75) is 24.3 Å². The lowest BCUT2D eigenvalue weighted by Gasteiger charge is -2.12. The Labute approximate surface area is 180 Å². The Morgan fingerprint density at radius 1 is 1.06 bits per heavy atom. The van der Waals surface area contributed by atoms with E-state index >= 15 is 0 Å². The van der Waals surface area contributed by atoms with Gasteiger partial charge in [0, 0.05) is 30.7 Å². The fourth-order valence-corrected chi connectivity index (χ4v) is 4.02. The molecule has 0 saturated heterocycles. The lowest BCUT2D eigenvalue weighted by Crippen LogP contribution is -2.26. The molecule has 3 aromatic rings. The summed E-state index contributed by atoms with van der Waals surface area (Å²) in [5.41, 5.74) is 1.13. The van der Waals surface area contributed by atoms with Gasteiger partial charge in [0.05, 0.1) is 4.90 Å². The fourth-order valence-electron chi connectivity index (χ4n) is 2.86. The molecule has 4 rings (SSSR count). The highest BCUT2D eigenvalue weighted by molar-refractivity contribution is 7.89. The van der Waals surface area contributed by atoms with E-state index < -0.39 is 15.9 Å². The fraction of sp³-hybridized carbons (Fsp3) is 0.227. The first kappa shape index (κ1) is 21.0. The summed E-state index contributed by atoms with van der Waals surface area (Å²) in [5, 5.41) is 2.70. The minimum Gasteiger partial charge on any atom is -0.485 e. The molecule has 8 nitrogen and oxygen atoms in total. The molecule has 31 heavy (non-hydrogen) atoms. The second-order valence-corrected chi connectivity index (χ2v) is 9.04. The Bertz CT molecular complexity index is 1160. The van der Waals surface area contributed by atoms with E-state index in [0.29, 0.717) is 18.2 Å². The molecule has 1 saturated carbocycles. The zero-order valence-corrected chi connectivity index (χ0v) is 17.5. The van der Waals surface area contributed by atoms with E-state index in [9.17, 15) is 13.2 Å². The summed E-state index contributed by atoms with van der Waals surface area (Å²) in [5.74, 6) is 0.590. The van der Waals surface area contributed by atoms with Crippen LogP contribution in [0.4, 0.5) is 5.82 Å². The van der Waals surface area contributed by atoms with Crippen molar-refractivity contribution in [3.63, 3.8) is 0 Å². The minimum atomic E-state index is -3.67. The maximum atomic E-state index is 12.8. The van der Waals surface area contributed by atoms with Crippen LogP contribution in [0.15, 0.2) is 72.0 Å². The van der Waals surface area contributed by atoms with Crippen molar-refractivity contribution in [3.05, 3.63) is 78.2 Å². The number of hydrogen-bond acceptors (Lipinski definition) is 6. The molecule has 0 aliphatic heterocycles. The first-order valence-corrected chi connectivity index (χ1v) is 11.4. The molecule has 160 valence electrons. The number of rotatable bonds is 9. The van der Waals surface area contributed by atoms with Crippen LogP contribution in [0.1, 0.15) is 28.8 Å². The topological polar surface area (TPSA) is 110 Å². The van der Waals surface area contributed by atoms with E-state index in [0.717, 1.165) is 18.4 Å². The lowest BCUT2D eigenvalue weighted by atomic mass is 10.2. The summed E-state index contributed by atoms with van der Waals surface area (Å²) < 4.78 is 33.4. The van der Waals surface area contributed by atoms with Gasteiger partial charge >= 0.3 is 0 Å². The van der Waals surface area contributed by atoms with E-state index in [1.807, 2.05) is 12.1 Å². The van der Waals surface area contributed by atoms with E-state index in [2.05, 4.69) is 20.0 Å². The largest absolute Gasteiger partial charge is 0.485 e. The van der Waals surface area contributed by atoms with Gasteiger partial charge in [0.15, 0.2) is 11.6 Å². The van der Waals surface area contributed by atoms with E-state index in [-0.39, 0.29) is 22.9 Å². The number of pyridine rings is 2. The minimum absolute atomic E-state index is 0.0518. The van der Waals surface area contributed by atoms with Crippen LogP contribution >= 0.6 is 0 Å². The molecule has 1 aliphatic rings. The Morgan fingerprint density at radius 2 is 1.87 bits per heavy atom. The van der Waals surface area contributed by atoms with Crippen molar-refractivity contribution in [1.82, 2.24) is 14.7 Å². The molecule has 2 heterocycles. The predicted molar refractivity (Wildman–Crippen MR) is 115 cm³/mol. The number of carbonyl (C=O) groups excluding carboxylic acids is 1. The zero-order valence-electron chi connectivity index (χ0n) is 16.7. The number of carbonyl (C=O) groups is 1. The van der Waals surface area contributed by atoms with Crippen molar-refractivity contribution in [2.75, 3.05) is 11.9 Å². The van der Waals surface area contributed by atoms with Gasteiger partial charge in [0.25, 0.3) is 5.91 Å². The highest BCUT2D eigenvalue weighted by Crippen LogP contribution is 2.28. The van der Waals surface area contributed by atoms with E-state index in [1.54, 1.807) is 36.7 Å². The molecule has 1 fully saturated rings. The van der Waals surface area contributed by atoms with Crippen molar-refractivity contribution in [1.29, 1.82) is 0 Å². The number of ether oxygens (including phenoxy) is 1. The molecule has 1 amide bonds. The number of sulfonamides is 1. The molecule has 1 aromatic carbocycles. The van der Waals surface area contributed by atoms with Crippen molar-refractivity contribution in [3.8, 4) is 5.75 Å². The highest BCUT2D eigenvalue weighted by Gasteiger charge is 2.24. The molecule has 1 aliphatic carbocycles. The van der Waals surface area contributed by atoms with Crippen LogP contribution in [0.5, 0.6) is 5.75 Å². The standard InChI is InChI=1S/C22H22N4O4S/c27-22(18-3-1-4-19(13-18)31(28,29)25-14-16-6-7-16)26-21-20(5-2-10-24-21)30-15-17-8-11-23-12-9-17/h1-5,8-13,16,25H,6-7,14-15H2,(H,24,26,27).